The minimum atomic E-state index is -0.168. The highest BCUT2D eigenvalue weighted by Gasteiger charge is 2.09. The van der Waals surface area contributed by atoms with Gasteiger partial charge in [-0.25, -0.2) is 0 Å². The number of anilines is 1. The predicted molar refractivity (Wildman–Crippen MR) is 91.0 cm³/mol. The van der Waals surface area contributed by atoms with Gasteiger partial charge in [-0.1, -0.05) is 27.5 Å². The van der Waals surface area contributed by atoms with Gasteiger partial charge in [0.25, 0.3) is 5.91 Å². The molecule has 0 saturated heterocycles. The van der Waals surface area contributed by atoms with E-state index in [4.69, 9.17) is 11.6 Å². The molecule has 2 aromatic rings. The zero-order valence-electron chi connectivity index (χ0n) is 10.0. The van der Waals surface area contributed by atoms with Gasteiger partial charge in [0, 0.05) is 13.6 Å². The molecule has 0 radical (unpaired) electrons. The first-order valence-corrected chi connectivity index (χ1v) is 7.75. The molecule has 0 spiro atoms. The van der Waals surface area contributed by atoms with E-state index in [2.05, 4.69) is 43.8 Å². The molecule has 5 heteroatoms. The number of nitrogens with one attached hydrogen (secondary N) is 1. The molecular formula is C14H10BrClINO. The number of aryl methyl sites for hydroxylation is 1. The van der Waals surface area contributed by atoms with E-state index in [1.807, 2.05) is 31.2 Å². The summed E-state index contributed by atoms with van der Waals surface area (Å²) >= 11 is 11.7. The van der Waals surface area contributed by atoms with Gasteiger partial charge in [0.05, 0.1) is 10.7 Å². The Bertz CT molecular complexity index is 645. The number of rotatable bonds is 2. The maximum absolute atomic E-state index is 12.1. The van der Waals surface area contributed by atoms with E-state index in [1.165, 1.54) is 0 Å². The molecule has 0 heterocycles. The van der Waals surface area contributed by atoms with E-state index in [0.717, 1.165) is 13.6 Å². The van der Waals surface area contributed by atoms with Crippen molar-refractivity contribution in [2.24, 2.45) is 0 Å². The summed E-state index contributed by atoms with van der Waals surface area (Å²) in [6, 6.07) is 11.0. The molecule has 0 bridgehead atoms. The molecular weight excluding hydrogens is 440 g/mol. The van der Waals surface area contributed by atoms with Crippen molar-refractivity contribution in [1.82, 2.24) is 0 Å². The van der Waals surface area contributed by atoms with Crippen molar-refractivity contribution in [1.29, 1.82) is 0 Å². The molecule has 0 saturated carbocycles. The summed E-state index contributed by atoms with van der Waals surface area (Å²) in [7, 11) is 0. The van der Waals surface area contributed by atoms with Gasteiger partial charge in [-0.05, 0) is 71.5 Å². The quantitative estimate of drug-likeness (QED) is 0.621. The number of benzene rings is 2. The molecule has 0 aromatic heterocycles. The van der Waals surface area contributed by atoms with E-state index in [1.54, 1.807) is 12.1 Å². The number of hydrogen-bond acceptors (Lipinski definition) is 1. The highest BCUT2D eigenvalue weighted by molar-refractivity contribution is 14.1. The lowest BCUT2D eigenvalue weighted by atomic mass is 10.1. The molecule has 2 rings (SSSR count). The highest BCUT2D eigenvalue weighted by atomic mass is 127. The minimum Gasteiger partial charge on any atom is -0.321 e. The van der Waals surface area contributed by atoms with Gasteiger partial charge >= 0.3 is 0 Å². The van der Waals surface area contributed by atoms with Crippen molar-refractivity contribution in [3.8, 4) is 0 Å². The first-order valence-electron chi connectivity index (χ1n) is 5.50. The minimum absolute atomic E-state index is 0.168. The molecule has 0 aliphatic carbocycles. The molecule has 0 fully saturated rings. The summed E-state index contributed by atoms with van der Waals surface area (Å²) in [6.45, 7) is 1.94. The van der Waals surface area contributed by atoms with Gasteiger partial charge < -0.3 is 5.32 Å². The van der Waals surface area contributed by atoms with Crippen molar-refractivity contribution < 1.29 is 4.79 Å². The van der Waals surface area contributed by atoms with Crippen LogP contribution in [-0.2, 0) is 0 Å². The van der Waals surface area contributed by atoms with Crippen LogP contribution in [-0.4, -0.2) is 5.91 Å². The fraction of sp³-hybridized carbons (Fsp3) is 0.0714. The van der Waals surface area contributed by atoms with E-state index >= 15 is 0 Å². The number of carbonyl (C=O) groups is 1. The first kappa shape index (κ1) is 14.8. The van der Waals surface area contributed by atoms with Crippen LogP contribution >= 0.6 is 50.1 Å². The predicted octanol–water partition coefficient (Wildman–Crippen LogP) is 5.27. The first-order chi connectivity index (χ1) is 8.97. The monoisotopic (exact) mass is 449 g/mol. The fourth-order valence-corrected chi connectivity index (χ4v) is 2.72. The van der Waals surface area contributed by atoms with Crippen molar-refractivity contribution in [2.75, 3.05) is 5.32 Å². The third kappa shape index (κ3) is 3.70. The van der Waals surface area contributed by atoms with Gasteiger partial charge in [0.2, 0.25) is 0 Å². The molecule has 2 aromatic carbocycles. The summed E-state index contributed by atoms with van der Waals surface area (Å²) in [5.74, 6) is -0.168. The van der Waals surface area contributed by atoms with E-state index in [9.17, 15) is 4.79 Å². The van der Waals surface area contributed by atoms with E-state index in [-0.39, 0.29) is 5.91 Å². The zero-order chi connectivity index (χ0) is 14.0. The van der Waals surface area contributed by atoms with E-state index in [0.29, 0.717) is 16.3 Å². The van der Waals surface area contributed by atoms with Crippen molar-refractivity contribution in [3.05, 3.63) is 60.6 Å². The molecule has 2 nitrogen and oxygen atoms in total. The Kier molecular flexibility index (Phi) is 4.86. The van der Waals surface area contributed by atoms with Gasteiger partial charge in [-0.3, -0.25) is 4.79 Å². The van der Waals surface area contributed by atoms with Crippen LogP contribution in [0.2, 0.25) is 5.02 Å². The van der Waals surface area contributed by atoms with Gasteiger partial charge in [-0.15, -0.1) is 0 Å². The summed E-state index contributed by atoms with van der Waals surface area (Å²) < 4.78 is 2.01. The Hall–Kier alpha value is -0.590. The number of hydrogen-bond donors (Lipinski definition) is 1. The topological polar surface area (TPSA) is 29.1 Å². The van der Waals surface area contributed by atoms with Crippen molar-refractivity contribution in [2.45, 2.75) is 6.92 Å². The van der Waals surface area contributed by atoms with Crippen LogP contribution in [0.4, 0.5) is 5.69 Å². The highest BCUT2D eigenvalue weighted by Crippen LogP contribution is 2.25. The van der Waals surface area contributed by atoms with Crippen LogP contribution in [0, 0.1) is 10.5 Å². The maximum Gasteiger partial charge on any atom is 0.255 e. The molecule has 0 unspecified atom stereocenters. The standard InChI is InChI=1S/C14H10BrClINO/c1-8-6-9(2-4-11(8)15)14(19)18-13-5-3-10(17)7-12(13)16/h2-7H,1H3,(H,18,19). The summed E-state index contributed by atoms with van der Waals surface area (Å²) in [4.78, 5) is 12.1. The van der Waals surface area contributed by atoms with Crippen LogP contribution in [0.25, 0.3) is 0 Å². The summed E-state index contributed by atoms with van der Waals surface area (Å²) in [5.41, 5.74) is 2.24. The molecule has 98 valence electrons. The van der Waals surface area contributed by atoms with Crippen LogP contribution in [0.1, 0.15) is 15.9 Å². The second-order valence-corrected chi connectivity index (χ2v) is 6.55. The molecule has 1 amide bonds. The summed E-state index contributed by atoms with van der Waals surface area (Å²) in [5, 5.41) is 3.35. The second kappa shape index (κ2) is 6.24. The Morgan fingerprint density at radius 1 is 1.26 bits per heavy atom. The van der Waals surface area contributed by atoms with E-state index < -0.39 is 0 Å². The van der Waals surface area contributed by atoms with Crippen LogP contribution in [0.15, 0.2) is 40.9 Å². The van der Waals surface area contributed by atoms with Crippen LogP contribution in [0.5, 0.6) is 0 Å². The molecule has 19 heavy (non-hydrogen) atoms. The number of amides is 1. The Morgan fingerprint density at radius 3 is 2.63 bits per heavy atom. The Labute approximate surface area is 138 Å². The Morgan fingerprint density at radius 2 is 2.00 bits per heavy atom. The largest absolute Gasteiger partial charge is 0.321 e. The average Bonchev–Trinajstić information content (AvgIpc) is 2.36. The average molecular weight is 451 g/mol. The summed E-state index contributed by atoms with van der Waals surface area (Å²) in [6.07, 6.45) is 0. The van der Waals surface area contributed by atoms with Gasteiger partial charge in [0.15, 0.2) is 0 Å². The van der Waals surface area contributed by atoms with Gasteiger partial charge in [0.1, 0.15) is 0 Å². The third-order valence-corrected chi connectivity index (χ3v) is 4.47. The normalized spacial score (nSPS) is 10.3. The van der Waals surface area contributed by atoms with Crippen LogP contribution in [0.3, 0.4) is 0 Å². The third-order valence-electron chi connectivity index (χ3n) is 2.60. The number of halogens is 3. The number of carbonyl (C=O) groups excluding carboxylic acids is 1. The van der Waals surface area contributed by atoms with Crippen molar-refractivity contribution >= 4 is 61.7 Å². The molecule has 0 atom stereocenters. The smallest absolute Gasteiger partial charge is 0.255 e. The second-order valence-electron chi connectivity index (χ2n) is 4.04. The van der Waals surface area contributed by atoms with Crippen molar-refractivity contribution in [3.63, 3.8) is 0 Å². The lowest BCUT2D eigenvalue weighted by Gasteiger charge is -2.08. The lowest BCUT2D eigenvalue weighted by Crippen LogP contribution is -2.12. The Balaban J connectivity index is 2.23. The molecule has 0 aliphatic rings. The maximum atomic E-state index is 12.1. The zero-order valence-corrected chi connectivity index (χ0v) is 14.5. The lowest BCUT2D eigenvalue weighted by molar-refractivity contribution is 0.102. The van der Waals surface area contributed by atoms with Crippen LogP contribution < -0.4 is 5.32 Å². The van der Waals surface area contributed by atoms with Gasteiger partial charge in [-0.2, -0.15) is 0 Å². The molecule has 1 N–H and O–H groups in total. The SMILES string of the molecule is Cc1cc(C(=O)Nc2ccc(I)cc2Cl)ccc1Br. The fourth-order valence-electron chi connectivity index (χ4n) is 1.57. The molecule has 0 aliphatic heterocycles.